The molecule has 0 aromatic carbocycles. The number of hydrogen-bond acceptors (Lipinski definition) is 4. The first-order valence-corrected chi connectivity index (χ1v) is 3.94. The molecule has 5 nitrogen and oxygen atoms in total. The normalized spacial score (nSPS) is 30.2. The molecule has 0 saturated carbocycles. The zero-order valence-corrected chi connectivity index (χ0v) is 6.81. The number of nitrogens with two attached hydrogens (primary N) is 1. The van der Waals surface area contributed by atoms with Crippen LogP contribution in [0.1, 0.15) is 0 Å². The van der Waals surface area contributed by atoms with Gasteiger partial charge in [-0.1, -0.05) is 6.08 Å². The number of allylic oxidation sites excluding steroid dienone is 1. The molecule has 0 fully saturated rings. The Hall–Kier alpha value is -1.78. The first-order chi connectivity index (χ1) is 6.18. The topological polar surface area (TPSA) is 81.2 Å². The average Bonchev–Trinajstić information content (AvgIpc) is 2.46. The Morgan fingerprint density at radius 2 is 2.38 bits per heavy atom. The summed E-state index contributed by atoms with van der Waals surface area (Å²) in [4.78, 5) is 10.2. The molecule has 3 N–H and O–H groups in total. The minimum absolute atomic E-state index is 0.00676. The molecule has 0 aromatic heterocycles. The van der Waals surface area contributed by atoms with E-state index in [0.29, 0.717) is 5.70 Å². The molecule has 2 atom stereocenters. The molecule has 0 bridgehead atoms. The Bertz CT molecular complexity index is 343. The van der Waals surface area contributed by atoms with Crippen LogP contribution in [0.3, 0.4) is 0 Å². The quantitative estimate of drug-likeness (QED) is 0.442. The van der Waals surface area contributed by atoms with Gasteiger partial charge in [0, 0.05) is 5.70 Å². The van der Waals surface area contributed by atoms with Crippen molar-refractivity contribution in [1.82, 2.24) is 5.32 Å². The van der Waals surface area contributed by atoms with Crippen molar-refractivity contribution in [2.45, 2.75) is 6.04 Å². The molecule has 2 unspecified atom stereocenters. The Morgan fingerprint density at radius 1 is 1.62 bits per heavy atom. The molecule has 1 aliphatic carbocycles. The molecule has 0 saturated heterocycles. The molecular weight excluding hydrogens is 170 g/mol. The zero-order valence-electron chi connectivity index (χ0n) is 6.81. The number of nitrogens with one attached hydrogen (secondary N) is 1. The summed E-state index contributed by atoms with van der Waals surface area (Å²) in [7, 11) is 0. The maximum Gasteiger partial charge on any atom is 0.270 e. The van der Waals surface area contributed by atoms with Crippen molar-refractivity contribution in [2.24, 2.45) is 11.7 Å². The van der Waals surface area contributed by atoms with Crippen molar-refractivity contribution in [3.8, 4) is 0 Å². The van der Waals surface area contributed by atoms with Crippen LogP contribution in [0.25, 0.3) is 0 Å². The monoisotopic (exact) mass is 179 g/mol. The number of fused-ring (bicyclic) bond motifs is 1. The summed E-state index contributed by atoms with van der Waals surface area (Å²) in [5.41, 5.74) is 6.31. The summed E-state index contributed by atoms with van der Waals surface area (Å²) < 4.78 is 0. The lowest BCUT2D eigenvalue weighted by Gasteiger charge is -2.16. The lowest BCUT2D eigenvalue weighted by Crippen LogP contribution is -2.28. The van der Waals surface area contributed by atoms with Crippen LogP contribution in [-0.4, -0.2) is 11.0 Å². The van der Waals surface area contributed by atoms with Gasteiger partial charge >= 0.3 is 0 Å². The Balaban J connectivity index is 2.29. The van der Waals surface area contributed by atoms with Gasteiger partial charge in [-0.05, 0) is 12.2 Å². The minimum Gasteiger partial charge on any atom is -0.399 e. The second-order valence-corrected chi connectivity index (χ2v) is 3.07. The molecule has 5 heteroatoms. The Labute approximate surface area is 74.8 Å². The molecule has 0 aromatic rings. The van der Waals surface area contributed by atoms with Crippen LogP contribution in [-0.2, 0) is 0 Å². The molecule has 2 rings (SSSR count). The first kappa shape index (κ1) is 7.85. The standard InChI is InChI=1S/C8H9N3O2/c9-5-1-2-7-6(3-5)8(4-10-7)11(12)13/h1-4,6-7,10H,9H2. The van der Waals surface area contributed by atoms with E-state index in [0.717, 1.165) is 0 Å². The van der Waals surface area contributed by atoms with E-state index in [1.54, 1.807) is 12.2 Å². The van der Waals surface area contributed by atoms with E-state index in [1.165, 1.54) is 6.20 Å². The van der Waals surface area contributed by atoms with Gasteiger partial charge in [-0.15, -0.1) is 0 Å². The van der Waals surface area contributed by atoms with Crippen LogP contribution in [0.15, 0.2) is 35.8 Å². The van der Waals surface area contributed by atoms with E-state index in [4.69, 9.17) is 5.73 Å². The van der Waals surface area contributed by atoms with Crippen molar-refractivity contribution >= 4 is 0 Å². The fraction of sp³-hybridized carbons (Fsp3) is 0.250. The lowest BCUT2D eigenvalue weighted by molar-refractivity contribution is -0.431. The highest BCUT2D eigenvalue weighted by molar-refractivity contribution is 5.32. The van der Waals surface area contributed by atoms with Crippen LogP contribution in [0.4, 0.5) is 0 Å². The van der Waals surface area contributed by atoms with E-state index in [1.807, 2.05) is 6.08 Å². The van der Waals surface area contributed by atoms with E-state index >= 15 is 0 Å². The predicted molar refractivity (Wildman–Crippen MR) is 46.9 cm³/mol. The Morgan fingerprint density at radius 3 is 3.08 bits per heavy atom. The van der Waals surface area contributed by atoms with Gasteiger partial charge in [0.25, 0.3) is 5.70 Å². The summed E-state index contributed by atoms with van der Waals surface area (Å²) in [6.45, 7) is 0. The number of nitro groups is 1. The van der Waals surface area contributed by atoms with Crippen molar-refractivity contribution < 1.29 is 4.92 Å². The SMILES string of the molecule is NC1=CC2C([N+](=O)[O-])=CNC2C=C1. The van der Waals surface area contributed by atoms with Gasteiger partial charge in [0.05, 0.1) is 23.1 Å². The smallest absolute Gasteiger partial charge is 0.270 e. The summed E-state index contributed by atoms with van der Waals surface area (Å²) in [6.07, 6.45) is 6.74. The summed E-state index contributed by atoms with van der Waals surface area (Å²) in [6, 6.07) is -0.00676. The fourth-order valence-corrected chi connectivity index (χ4v) is 1.58. The first-order valence-electron chi connectivity index (χ1n) is 3.94. The second kappa shape index (κ2) is 2.62. The van der Waals surface area contributed by atoms with Gasteiger partial charge in [-0.2, -0.15) is 0 Å². The highest BCUT2D eigenvalue weighted by atomic mass is 16.6. The molecule has 1 aliphatic heterocycles. The maximum atomic E-state index is 10.6. The number of hydrogen-bond donors (Lipinski definition) is 2. The van der Waals surface area contributed by atoms with Crippen LogP contribution >= 0.6 is 0 Å². The third-order valence-corrected chi connectivity index (χ3v) is 2.23. The second-order valence-electron chi connectivity index (χ2n) is 3.07. The highest BCUT2D eigenvalue weighted by Crippen LogP contribution is 2.27. The number of rotatable bonds is 1. The number of nitrogens with zero attached hydrogens (tertiary/aromatic N) is 1. The largest absolute Gasteiger partial charge is 0.399 e. The van der Waals surface area contributed by atoms with E-state index in [-0.39, 0.29) is 22.6 Å². The van der Waals surface area contributed by atoms with Crippen LogP contribution in [0.2, 0.25) is 0 Å². The van der Waals surface area contributed by atoms with Gasteiger partial charge < -0.3 is 11.1 Å². The van der Waals surface area contributed by atoms with Gasteiger partial charge in [0.2, 0.25) is 0 Å². The lowest BCUT2D eigenvalue weighted by atomic mass is 9.94. The van der Waals surface area contributed by atoms with Crippen LogP contribution in [0.5, 0.6) is 0 Å². The maximum absolute atomic E-state index is 10.6. The molecule has 0 spiro atoms. The van der Waals surface area contributed by atoms with Gasteiger partial charge in [0.15, 0.2) is 0 Å². The van der Waals surface area contributed by atoms with Gasteiger partial charge in [-0.25, -0.2) is 0 Å². The fourth-order valence-electron chi connectivity index (χ4n) is 1.58. The summed E-state index contributed by atoms with van der Waals surface area (Å²) in [5.74, 6) is -0.222. The molecule has 13 heavy (non-hydrogen) atoms. The van der Waals surface area contributed by atoms with E-state index < -0.39 is 0 Å². The van der Waals surface area contributed by atoms with Gasteiger partial charge in [0.1, 0.15) is 0 Å². The third kappa shape index (κ3) is 1.18. The van der Waals surface area contributed by atoms with Crippen LogP contribution in [0, 0.1) is 16.0 Å². The van der Waals surface area contributed by atoms with Crippen molar-refractivity contribution in [1.29, 1.82) is 0 Å². The van der Waals surface area contributed by atoms with E-state index in [2.05, 4.69) is 5.32 Å². The molecule has 2 aliphatic rings. The van der Waals surface area contributed by atoms with Gasteiger partial charge in [-0.3, -0.25) is 10.1 Å². The molecule has 68 valence electrons. The van der Waals surface area contributed by atoms with Crippen molar-refractivity contribution in [2.75, 3.05) is 0 Å². The Kier molecular flexibility index (Phi) is 1.58. The van der Waals surface area contributed by atoms with Crippen LogP contribution < -0.4 is 11.1 Å². The molecule has 0 radical (unpaired) electrons. The van der Waals surface area contributed by atoms with Crippen molar-refractivity contribution in [3.63, 3.8) is 0 Å². The third-order valence-electron chi connectivity index (χ3n) is 2.23. The zero-order chi connectivity index (χ0) is 9.42. The predicted octanol–water partition coefficient (Wildman–Crippen LogP) is 0.105. The van der Waals surface area contributed by atoms with Crippen molar-refractivity contribution in [3.05, 3.63) is 45.9 Å². The average molecular weight is 179 g/mol. The molecule has 1 heterocycles. The molecular formula is C8H9N3O2. The molecule has 0 amide bonds. The van der Waals surface area contributed by atoms with E-state index in [9.17, 15) is 10.1 Å². The summed E-state index contributed by atoms with van der Waals surface area (Å²) >= 11 is 0. The summed E-state index contributed by atoms with van der Waals surface area (Å²) in [5, 5.41) is 13.5. The highest BCUT2D eigenvalue weighted by Gasteiger charge is 2.35. The minimum atomic E-state index is -0.374.